The maximum Gasteiger partial charge on any atom is 0.00926 e. The number of unbranched alkanes of at least 4 members (excludes halogenated alkanes) is 1. The number of hydrogen-bond acceptors (Lipinski definition) is 2. The summed E-state index contributed by atoms with van der Waals surface area (Å²) in [7, 11) is 2.32. The molecule has 0 saturated heterocycles. The molecule has 1 saturated carbocycles. The van der Waals surface area contributed by atoms with Crippen molar-refractivity contribution in [2.24, 2.45) is 5.41 Å². The van der Waals surface area contributed by atoms with Crippen LogP contribution in [0.2, 0.25) is 0 Å². The lowest BCUT2D eigenvalue weighted by Gasteiger charge is -2.38. The predicted molar refractivity (Wildman–Crippen MR) is 81.1 cm³/mol. The molecule has 0 aliphatic heterocycles. The standard InChI is InChI=1S/C16H34N2/c1-5-12-17-13-6-7-14-18(4)15-8-10-16(2,3)11-9-15/h15,17H,5-14H2,1-4H3. The Morgan fingerprint density at radius 3 is 2.39 bits per heavy atom. The highest BCUT2D eigenvalue weighted by Gasteiger charge is 2.28. The van der Waals surface area contributed by atoms with E-state index in [4.69, 9.17) is 0 Å². The molecule has 0 spiro atoms. The van der Waals surface area contributed by atoms with Crippen molar-refractivity contribution in [1.29, 1.82) is 0 Å². The topological polar surface area (TPSA) is 15.3 Å². The largest absolute Gasteiger partial charge is 0.317 e. The van der Waals surface area contributed by atoms with Crippen molar-refractivity contribution in [3.8, 4) is 0 Å². The van der Waals surface area contributed by atoms with E-state index in [0.29, 0.717) is 5.41 Å². The molecular weight excluding hydrogens is 220 g/mol. The van der Waals surface area contributed by atoms with Crippen LogP contribution in [0.5, 0.6) is 0 Å². The lowest BCUT2D eigenvalue weighted by molar-refractivity contribution is 0.126. The fourth-order valence-corrected chi connectivity index (χ4v) is 2.92. The molecule has 1 fully saturated rings. The minimum atomic E-state index is 0.599. The first-order valence-electron chi connectivity index (χ1n) is 7.96. The van der Waals surface area contributed by atoms with E-state index in [0.717, 1.165) is 6.04 Å². The maximum atomic E-state index is 3.48. The lowest BCUT2D eigenvalue weighted by atomic mass is 9.75. The zero-order valence-electron chi connectivity index (χ0n) is 13.1. The molecule has 0 radical (unpaired) electrons. The van der Waals surface area contributed by atoms with Gasteiger partial charge >= 0.3 is 0 Å². The third kappa shape index (κ3) is 6.19. The first kappa shape index (κ1) is 16.0. The van der Waals surface area contributed by atoms with Crippen LogP contribution >= 0.6 is 0 Å². The summed E-state index contributed by atoms with van der Waals surface area (Å²) in [6.07, 6.45) is 9.52. The molecule has 0 aromatic rings. The average molecular weight is 254 g/mol. The van der Waals surface area contributed by atoms with Crippen LogP contribution in [0.4, 0.5) is 0 Å². The molecule has 0 aromatic heterocycles. The highest BCUT2D eigenvalue weighted by Crippen LogP contribution is 2.36. The zero-order valence-corrected chi connectivity index (χ0v) is 13.1. The van der Waals surface area contributed by atoms with Crippen LogP contribution in [0, 0.1) is 5.41 Å². The Bertz CT molecular complexity index is 203. The lowest BCUT2D eigenvalue weighted by Crippen LogP contribution is -2.37. The van der Waals surface area contributed by atoms with E-state index < -0.39 is 0 Å². The van der Waals surface area contributed by atoms with Gasteiger partial charge in [0.1, 0.15) is 0 Å². The number of rotatable bonds is 8. The molecule has 0 atom stereocenters. The third-order valence-electron chi connectivity index (χ3n) is 4.47. The number of nitrogens with one attached hydrogen (secondary N) is 1. The Balaban J connectivity index is 2.05. The van der Waals surface area contributed by atoms with Gasteiger partial charge in [-0.05, 0) is 77.0 Å². The van der Waals surface area contributed by atoms with Crippen molar-refractivity contribution in [2.75, 3.05) is 26.7 Å². The predicted octanol–water partition coefficient (Wildman–Crippen LogP) is 3.67. The van der Waals surface area contributed by atoms with E-state index in [1.807, 2.05) is 0 Å². The summed E-state index contributed by atoms with van der Waals surface area (Å²) in [5, 5.41) is 3.48. The van der Waals surface area contributed by atoms with Crippen LogP contribution < -0.4 is 5.32 Å². The molecular formula is C16H34N2. The summed E-state index contributed by atoms with van der Waals surface area (Å²) in [5.41, 5.74) is 0.599. The highest BCUT2D eigenvalue weighted by molar-refractivity contribution is 4.82. The zero-order chi connectivity index (χ0) is 13.4. The van der Waals surface area contributed by atoms with E-state index in [1.54, 1.807) is 0 Å². The fourth-order valence-electron chi connectivity index (χ4n) is 2.92. The van der Waals surface area contributed by atoms with Crippen molar-refractivity contribution in [2.45, 2.75) is 71.8 Å². The second-order valence-corrected chi connectivity index (χ2v) is 6.83. The van der Waals surface area contributed by atoms with Crippen molar-refractivity contribution in [1.82, 2.24) is 10.2 Å². The Morgan fingerprint density at radius 2 is 1.78 bits per heavy atom. The molecule has 0 bridgehead atoms. The van der Waals surface area contributed by atoms with Gasteiger partial charge in [0.05, 0.1) is 0 Å². The van der Waals surface area contributed by atoms with Gasteiger partial charge in [-0.25, -0.2) is 0 Å². The number of nitrogens with zero attached hydrogens (tertiary/aromatic N) is 1. The van der Waals surface area contributed by atoms with Gasteiger partial charge in [0.2, 0.25) is 0 Å². The molecule has 0 heterocycles. The minimum absolute atomic E-state index is 0.599. The summed E-state index contributed by atoms with van der Waals surface area (Å²) in [4.78, 5) is 2.61. The van der Waals surface area contributed by atoms with Gasteiger partial charge < -0.3 is 10.2 Å². The van der Waals surface area contributed by atoms with Gasteiger partial charge in [0, 0.05) is 6.04 Å². The minimum Gasteiger partial charge on any atom is -0.317 e. The molecule has 18 heavy (non-hydrogen) atoms. The van der Waals surface area contributed by atoms with E-state index >= 15 is 0 Å². The van der Waals surface area contributed by atoms with Gasteiger partial charge in [0.25, 0.3) is 0 Å². The summed E-state index contributed by atoms with van der Waals surface area (Å²) in [5.74, 6) is 0. The Kier molecular flexibility index (Phi) is 7.25. The summed E-state index contributed by atoms with van der Waals surface area (Å²) in [6, 6.07) is 0.849. The molecule has 2 heteroatoms. The van der Waals surface area contributed by atoms with Crippen LogP contribution in [0.15, 0.2) is 0 Å². The fraction of sp³-hybridized carbons (Fsp3) is 1.00. The number of hydrogen-bond donors (Lipinski definition) is 1. The molecule has 1 N–H and O–H groups in total. The van der Waals surface area contributed by atoms with Crippen LogP contribution in [-0.2, 0) is 0 Å². The highest BCUT2D eigenvalue weighted by atomic mass is 15.1. The van der Waals surface area contributed by atoms with Gasteiger partial charge in [-0.2, -0.15) is 0 Å². The van der Waals surface area contributed by atoms with Gasteiger partial charge in [-0.1, -0.05) is 20.8 Å². The average Bonchev–Trinajstić information content (AvgIpc) is 2.33. The second kappa shape index (κ2) is 8.16. The Hall–Kier alpha value is -0.0800. The normalized spacial score (nSPS) is 20.5. The van der Waals surface area contributed by atoms with Crippen LogP contribution in [-0.4, -0.2) is 37.6 Å². The molecule has 2 nitrogen and oxygen atoms in total. The summed E-state index contributed by atoms with van der Waals surface area (Å²) in [6.45, 7) is 10.7. The SMILES string of the molecule is CCCNCCCCN(C)C1CCC(C)(C)CC1. The smallest absolute Gasteiger partial charge is 0.00926 e. The van der Waals surface area contributed by atoms with E-state index in [2.05, 4.69) is 38.0 Å². The quantitative estimate of drug-likeness (QED) is 0.665. The molecule has 1 aliphatic carbocycles. The Labute approximate surface area is 115 Å². The first-order valence-corrected chi connectivity index (χ1v) is 7.96. The van der Waals surface area contributed by atoms with Crippen molar-refractivity contribution >= 4 is 0 Å². The van der Waals surface area contributed by atoms with E-state index in [-0.39, 0.29) is 0 Å². The molecule has 0 aromatic carbocycles. The maximum absolute atomic E-state index is 3.48. The molecule has 0 unspecified atom stereocenters. The van der Waals surface area contributed by atoms with Crippen molar-refractivity contribution in [3.63, 3.8) is 0 Å². The van der Waals surface area contributed by atoms with E-state index in [1.165, 1.54) is 64.6 Å². The monoisotopic (exact) mass is 254 g/mol. The Morgan fingerprint density at radius 1 is 1.11 bits per heavy atom. The molecule has 1 aliphatic rings. The van der Waals surface area contributed by atoms with Crippen molar-refractivity contribution in [3.05, 3.63) is 0 Å². The molecule has 0 amide bonds. The van der Waals surface area contributed by atoms with Crippen LogP contribution in [0.25, 0.3) is 0 Å². The van der Waals surface area contributed by atoms with Gasteiger partial charge in [-0.15, -0.1) is 0 Å². The summed E-state index contributed by atoms with van der Waals surface area (Å²) >= 11 is 0. The van der Waals surface area contributed by atoms with Crippen LogP contribution in [0.1, 0.15) is 65.7 Å². The van der Waals surface area contributed by atoms with Crippen molar-refractivity contribution < 1.29 is 0 Å². The van der Waals surface area contributed by atoms with Gasteiger partial charge in [0.15, 0.2) is 0 Å². The molecule has 108 valence electrons. The first-order chi connectivity index (χ1) is 8.55. The van der Waals surface area contributed by atoms with E-state index in [9.17, 15) is 0 Å². The van der Waals surface area contributed by atoms with Gasteiger partial charge in [-0.3, -0.25) is 0 Å². The second-order valence-electron chi connectivity index (χ2n) is 6.83. The summed E-state index contributed by atoms with van der Waals surface area (Å²) < 4.78 is 0. The van der Waals surface area contributed by atoms with Crippen LogP contribution in [0.3, 0.4) is 0 Å². The third-order valence-corrected chi connectivity index (χ3v) is 4.47. The molecule has 1 rings (SSSR count).